The van der Waals surface area contributed by atoms with Crippen LogP contribution in [0.4, 0.5) is 13.2 Å². The molecule has 3 aromatic carbocycles. The number of amides is 1. The first-order chi connectivity index (χ1) is 18.2. The lowest BCUT2D eigenvalue weighted by Gasteiger charge is -2.24. The van der Waals surface area contributed by atoms with Gasteiger partial charge < -0.3 is 19.9 Å². The van der Waals surface area contributed by atoms with Crippen molar-refractivity contribution in [3.05, 3.63) is 99.5 Å². The van der Waals surface area contributed by atoms with E-state index >= 15 is 0 Å². The Labute approximate surface area is 226 Å². The maximum Gasteiger partial charge on any atom is 0.416 e. The molecular weight excluding hydrogens is 565 g/mol. The van der Waals surface area contributed by atoms with E-state index in [-0.39, 0.29) is 37.6 Å². The summed E-state index contributed by atoms with van der Waals surface area (Å²) in [5.74, 6) is 0.342. The van der Waals surface area contributed by atoms with Crippen LogP contribution in [-0.4, -0.2) is 42.3 Å². The van der Waals surface area contributed by atoms with Crippen LogP contribution in [0.15, 0.2) is 82.3 Å². The molecule has 1 aliphatic rings. The summed E-state index contributed by atoms with van der Waals surface area (Å²) >= 11 is 3.39. The minimum absolute atomic E-state index is 0.0348. The van der Waals surface area contributed by atoms with Gasteiger partial charge >= 0.3 is 6.18 Å². The minimum Gasteiger partial charge on any atom is -0.494 e. The second-order valence-electron chi connectivity index (χ2n) is 8.83. The average Bonchev–Trinajstić information content (AvgIpc) is 3.34. The molecule has 0 aromatic heterocycles. The molecule has 6 nitrogen and oxygen atoms in total. The fraction of sp³-hybridized carbons (Fsp3) is 0.286. The van der Waals surface area contributed by atoms with Crippen molar-refractivity contribution in [2.45, 2.75) is 31.1 Å². The minimum atomic E-state index is -4.54. The Morgan fingerprint density at radius 2 is 1.79 bits per heavy atom. The van der Waals surface area contributed by atoms with Crippen LogP contribution in [0.2, 0.25) is 0 Å². The molecule has 4 rings (SSSR count). The largest absolute Gasteiger partial charge is 0.494 e. The van der Waals surface area contributed by atoms with Crippen molar-refractivity contribution in [3.63, 3.8) is 0 Å². The van der Waals surface area contributed by atoms with Crippen LogP contribution in [0.3, 0.4) is 0 Å². The van der Waals surface area contributed by atoms with Gasteiger partial charge in [0.05, 0.1) is 12.2 Å². The number of rotatable bonds is 10. The van der Waals surface area contributed by atoms with E-state index < -0.39 is 23.2 Å². The highest BCUT2D eigenvalue weighted by atomic mass is 79.9. The highest BCUT2D eigenvalue weighted by Gasteiger charge is 2.44. The number of hydrogen-bond acceptors (Lipinski definition) is 5. The van der Waals surface area contributed by atoms with E-state index in [1.165, 1.54) is 18.2 Å². The van der Waals surface area contributed by atoms with Gasteiger partial charge in [0, 0.05) is 36.0 Å². The van der Waals surface area contributed by atoms with E-state index in [4.69, 9.17) is 14.6 Å². The van der Waals surface area contributed by atoms with Gasteiger partial charge in [-0.3, -0.25) is 4.79 Å². The Kier molecular flexibility index (Phi) is 8.73. The molecule has 1 amide bonds. The van der Waals surface area contributed by atoms with Crippen molar-refractivity contribution in [3.8, 4) is 5.75 Å². The zero-order chi connectivity index (χ0) is 27.2. The zero-order valence-corrected chi connectivity index (χ0v) is 21.9. The first-order valence-electron chi connectivity index (χ1n) is 11.9. The predicted octanol–water partition coefficient (Wildman–Crippen LogP) is 5.30. The molecular formula is C28H26BrF3N2O4. The van der Waals surface area contributed by atoms with E-state index in [1.807, 2.05) is 24.3 Å². The number of ether oxygens (including phenoxy) is 2. The molecule has 3 aromatic rings. The number of nitrogens with zero attached hydrogens (tertiary/aromatic N) is 1. The van der Waals surface area contributed by atoms with Crippen molar-refractivity contribution in [1.82, 2.24) is 5.32 Å². The summed E-state index contributed by atoms with van der Waals surface area (Å²) in [7, 11) is 0. The maximum atomic E-state index is 13.5. The van der Waals surface area contributed by atoms with Gasteiger partial charge in [-0.2, -0.15) is 13.2 Å². The Bertz CT molecular complexity index is 1280. The summed E-state index contributed by atoms with van der Waals surface area (Å²) in [6, 6.07) is 19.5. The average molecular weight is 591 g/mol. The molecule has 0 saturated carbocycles. The third kappa shape index (κ3) is 6.73. The van der Waals surface area contributed by atoms with Gasteiger partial charge in [0.2, 0.25) is 5.90 Å². The number of benzene rings is 3. The van der Waals surface area contributed by atoms with Crippen molar-refractivity contribution in [1.29, 1.82) is 0 Å². The fourth-order valence-corrected chi connectivity index (χ4v) is 4.33. The molecule has 0 bridgehead atoms. The maximum absolute atomic E-state index is 13.5. The van der Waals surface area contributed by atoms with E-state index in [0.717, 1.165) is 16.1 Å². The summed E-state index contributed by atoms with van der Waals surface area (Å²) in [5, 5.41) is 11.6. The number of aliphatic hydroxyl groups is 1. The highest BCUT2D eigenvalue weighted by Crippen LogP contribution is 2.32. The first kappa shape index (κ1) is 27.7. The van der Waals surface area contributed by atoms with E-state index in [1.54, 1.807) is 24.3 Å². The fourth-order valence-electron chi connectivity index (χ4n) is 4.06. The van der Waals surface area contributed by atoms with E-state index in [0.29, 0.717) is 24.3 Å². The normalized spacial score (nSPS) is 17.0. The topological polar surface area (TPSA) is 80.2 Å². The molecule has 0 radical (unpaired) electrons. The first-order valence-corrected chi connectivity index (χ1v) is 12.7. The number of nitrogens with one attached hydrogen (secondary N) is 1. The quantitative estimate of drug-likeness (QED) is 0.314. The number of halogens is 4. The molecule has 1 heterocycles. The molecule has 2 N–H and O–H groups in total. The van der Waals surface area contributed by atoms with Crippen LogP contribution in [0.25, 0.3) is 0 Å². The summed E-state index contributed by atoms with van der Waals surface area (Å²) < 4.78 is 52.6. The van der Waals surface area contributed by atoms with E-state index in [2.05, 4.69) is 26.2 Å². The molecule has 1 atom stereocenters. The monoisotopic (exact) mass is 590 g/mol. The smallest absolute Gasteiger partial charge is 0.416 e. The highest BCUT2D eigenvalue weighted by molar-refractivity contribution is 9.10. The summed E-state index contributed by atoms with van der Waals surface area (Å²) in [4.78, 5) is 18.2. The number of carbonyl (C=O) groups is 1. The molecule has 0 fully saturated rings. The van der Waals surface area contributed by atoms with Crippen molar-refractivity contribution in [2.75, 3.05) is 19.8 Å². The van der Waals surface area contributed by atoms with Crippen LogP contribution < -0.4 is 10.1 Å². The number of aliphatic imine (C=N–C) groups is 1. The zero-order valence-electron chi connectivity index (χ0n) is 20.3. The standard InChI is InChI=1S/C28H26BrF3N2O4/c29-22-10-6-19(7-11-22)16-27(26(36)33-17-21-4-1-2-5-24(21)28(30,31)32)18-38-25(34-27)20-8-12-23(13-9-20)37-15-3-14-35/h1-2,4-13,35H,3,14-18H2,(H,33,36)/t27-/m1/s1. The summed E-state index contributed by atoms with van der Waals surface area (Å²) in [6.07, 6.45) is -3.83. The lowest BCUT2D eigenvalue weighted by Crippen LogP contribution is -2.48. The van der Waals surface area contributed by atoms with Gasteiger partial charge in [-0.05, 0) is 53.6 Å². The van der Waals surface area contributed by atoms with Crippen molar-refractivity contribution >= 4 is 27.7 Å². The second-order valence-corrected chi connectivity index (χ2v) is 9.74. The van der Waals surface area contributed by atoms with Gasteiger partial charge in [-0.15, -0.1) is 0 Å². The Hall–Kier alpha value is -3.37. The Balaban J connectivity index is 1.58. The molecule has 200 valence electrons. The lowest BCUT2D eigenvalue weighted by molar-refractivity contribution is -0.138. The second kappa shape index (κ2) is 12.0. The molecule has 0 saturated heterocycles. The Morgan fingerprint density at radius 1 is 1.08 bits per heavy atom. The number of hydrogen-bond donors (Lipinski definition) is 2. The molecule has 0 aliphatic carbocycles. The molecule has 1 aliphatic heterocycles. The molecule has 0 spiro atoms. The summed E-state index contributed by atoms with van der Waals surface area (Å²) in [6.45, 7) is 0.0372. The van der Waals surface area contributed by atoms with Gasteiger partial charge in [0.1, 0.15) is 12.4 Å². The molecule has 38 heavy (non-hydrogen) atoms. The van der Waals surface area contributed by atoms with Gasteiger partial charge in [-0.1, -0.05) is 46.3 Å². The van der Waals surface area contributed by atoms with E-state index in [9.17, 15) is 18.0 Å². The van der Waals surface area contributed by atoms with Crippen molar-refractivity contribution in [2.24, 2.45) is 4.99 Å². The van der Waals surface area contributed by atoms with Gasteiger partial charge in [0.15, 0.2) is 5.54 Å². The third-order valence-corrected chi connectivity index (χ3v) is 6.56. The third-order valence-electron chi connectivity index (χ3n) is 6.03. The number of alkyl halides is 3. The van der Waals surface area contributed by atoms with Crippen LogP contribution in [0.5, 0.6) is 5.75 Å². The van der Waals surface area contributed by atoms with Crippen LogP contribution in [0, 0.1) is 0 Å². The molecule has 0 unspecified atom stereocenters. The summed E-state index contributed by atoms with van der Waals surface area (Å²) in [5.41, 5.74) is -0.748. The SMILES string of the molecule is O=C(NCc1ccccc1C(F)(F)F)[C@@]1(Cc2ccc(Br)cc2)COC(c2ccc(OCCCO)cc2)=N1. The lowest BCUT2D eigenvalue weighted by atomic mass is 9.91. The number of aliphatic hydroxyl groups excluding tert-OH is 1. The van der Waals surface area contributed by atoms with Gasteiger partial charge in [0.25, 0.3) is 5.91 Å². The van der Waals surface area contributed by atoms with Crippen LogP contribution >= 0.6 is 15.9 Å². The van der Waals surface area contributed by atoms with Crippen LogP contribution in [-0.2, 0) is 28.7 Å². The predicted molar refractivity (Wildman–Crippen MR) is 140 cm³/mol. The van der Waals surface area contributed by atoms with Crippen molar-refractivity contribution < 1.29 is 32.5 Å². The van der Waals surface area contributed by atoms with Crippen LogP contribution in [0.1, 0.15) is 28.7 Å². The van der Waals surface area contributed by atoms with Gasteiger partial charge in [-0.25, -0.2) is 4.99 Å². The Morgan fingerprint density at radius 3 is 2.47 bits per heavy atom. The number of carbonyl (C=O) groups excluding carboxylic acids is 1. The molecule has 10 heteroatoms.